The summed E-state index contributed by atoms with van der Waals surface area (Å²) in [6.45, 7) is 7.50. The normalized spacial score (nSPS) is 12.6. The predicted octanol–water partition coefficient (Wildman–Crippen LogP) is 3.39. The minimum atomic E-state index is -0.250. The Balaban J connectivity index is 3.13. The molecule has 92 valence electrons. The van der Waals surface area contributed by atoms with Crippen LogP contribution in [0.25, 0.3) is 0 Å². The van der Waals surface area contributed by atoms with Gasteiger partial charge in [0.25, 0.3) is 0 Å². The van der Waals surface area contributed by atoms with Gasteiger partial charge in [0.2, 0.25) is 0 Å². The number of nitrogens with one attached hydrogen (secondary N) is 1. The third-order valence-corrected chi connectivity index (χ3v) is 2.88. The first-order valence-corrected chi connectivity index (χ1v) is 5.66. The van der Waals surface area contributed by atoms with E-state index in [2.05, 4.69) is 0 Å². The van der Waals surface area contributed by atoms with Crippen molar-refractivity contribution in [3.8, 4) is 0 Å². The van der Waals surface area contributed by atoms with E-state index >= 15 is 0 Å². The van der Waals surface area contributed by atoms with Crippen LogP contribution in [0.3, 0.4) is 0 Å². The Labute approximate surface area is 102 Å². The van der Waals surface area contributed by atoms with Gasteiger partial charge in [-0.2, -0.15) is 0 Å². The monoisotopic (exact) mass is 234 g/mol. The molecule has 0 spiro atoms. The van der Waals surface area contributed by atoms with E-state index in [0.29, 0.717) is 22.5 Å². The molecule has 0 aliphatic carbocycles. The maximum atomic E-state index is 13.1. The Morgan fingerprint density at radius 3 is 2.41 bits per heavy atom. The van der Waals surface area contributed by atoms with Crippen molar-refractivity contribution >= 4 is 5.71 Å². The van der Waals surface area contributed by atoms with Crippen LogP contribution in [-0.4, -0.2) is 5.71 Å². The van der Waals surface area contributed by atoms with E-state index < -0.39 is 0 Å². The van der Waals surface area contributed by atoms with E-state index in [0.717, 1.165) is 5.57 Å². The molecule has 3 N–H and O–H groups in total. The van der Waals surface area contributed by atoms with Gasteiger partial charge in [0.15, 0.2) is 0 Å². The van der Waals surface area contributed by atoms with E-state index in [-0.39, 0.29) is 11.7 Å². The summed E-state index contributed by atoms with van der Waals surface area (Å²) < 4.78 is 13.1. The molecule has 0 aromatic heterocycles. The highest BCUT2D eigenvalue weighted by Crippen LogP contribution is 2.16. The fraction of sp³-hybridized carbons (Fsp3) is 0.357. The quantitative estimate of drug-likeness (QED) is 0.774. The molecule has 17 heavy (non-hydrogen) atoms. The molecular formula is C14H19FN2. The Hall–Kier alpha value is -1.64. The molecule has 0 aliphatic heterocycles. The zero-order valence-electron chi connectivity index (χ0n) is 10.8. The van der Waals surface area contributed by atoms with Crippen LogP contribution in [0.1, 0.15) is 31.9 Å². The second-order valence-electron chi connectivity index (χ2n) is 4.57. The number of allylic oxidation sites excluding steroid dienone is 2. The Bertz CT molecular complexity index is 473. The molecule has 0 fully saturated rings. The van der Waals surface area contributed by atoms with Crippen LogP contribution in [0.2, 0.25) is 0 Å². The largest absolute Gasteiger partial charge is 0.402 e. The van der Waals surface area contributed by atoms with Gasteiger partial charge < -0.3 is 5.73 Å². The molecule has 0 bridgehead atoms. The van der Waals surface area contributed by atoms with Gasteiger partial charge in [0.05, 0.1) is 5.71 Å². The van der Waals surface area contributed by atoms with Gasteiger partial charge in [0.1, 0.15) is 5.82 Å². The fourth-order valence-corrected chi connectivity index (χ4v) is 1.59. The summed E-state index contributed by atoms with van der Waals surface area (Å²) in [5.74, 6) is -0.0445. The summed E-state index contributed by atoms with van der Waals surface area (Å²) >= 11 is 0. The van der Waals surface area contributed by atoms with Gasteiger partial charge in [0, 0.05) is 11.3 Å². The van der Waals surface area contributed by atoms with Crippen LogP contribution in [0.5, 0.6) is 0 Å². The van der Waals surface area contributed by atoms with Crippen molar-refractivity contribution in [1.82, 2.24) is 0 Å². The predicted molar refractivity (Wildman–Crippen MR) is 69.7 cm³/mol. The Kier molecular flexibility index (Phi) is 4.05. The van der Waals surface area contributed by atoms with E-state index in [9.17, 15) is 4.39 Å². The molecule has 0 saturated carbocycles. The number of rotatable bonds is 3. The maximum Gasteiger partial charge on any atom is 0.126 e. The summed E-state index contributed by atoms with van der Waals surface area (Å²) in [4.78, 5) is 0. The second-order valence-corrected chi connectivity index (χ2v) is 4.57. The molecule has 1 aromatic carbocycles. The maximum absolute atomic E-state index is 13.1. The minimum Gasteiger partial charge on any atom is -0.402 e. The van der Waals surface area contributed by atoms with Gasteiger partial charge in [-0.3, -0.25) is 5.41 Å². The van der Waals surface area contributed by atoms with Crippen molar-refractivity contribution in [2.45, 2.75) is 27.7 Å². The van der Waals surface area contributed by atoms with E-state index in [4.69, 9.17) is 11.1 Å². The van der Waals surface area contributed by atoms with Crippen molar-refractivity contribution in [3.05, 3.63) is 46.4 Å². The Morgan fingerprint density at radius 1 is 1.35 bits per heavy atom. The summed E-state index contributed by atoms with van der Waals surface area (Å²) in [5.41, 5.74) is 9.00. The van der Waals surface area contributed by atoms with Gasteiger partial charge >= 0.3 is 0 Å². The second kappa shape index (κ2) is 5.13. The topological polar surface area (TPSA) is 49.9 Å². The van der Waals surface area contributed by atoms with E-state index in [1.54, 1.807) is 19.1 Å². The lowest BCUT2D eigenvalue weighted by Crippen LogP contribution is -2.14. The molecule has 0 saturated heterocycles. The van der Waals surface area contributed by atoms with E-state index in [1.165, 1.54) is 6.07 Å². The van der Waals surface area contributed by atoms with Crippen LogP contribution in [-0.2, 0) is 0 Å². The van der Waals surface area contributed by atoms with Crippen LogP contribution >= 0.6 is 0 Å². The van der Waals surface area contributed by atoms with Gasteiger partial charge in [-0.25, -0.2) is 4.39 Å². The lowest BCUT2D eigenvalue weighted by atomic mass is 9.97. The first kappa shape index (κ1) is 13.4. The highest BCUT2D eigenvalue weighted by molar-refractivity contribution is 6.10. The zero-order valence-corrected chi connectivity index (χ0v) is 10.8. The first-order valence-electron chi connectivity index (χ1n) is 5.66. The van der Waals surface area contributed by atoms with Crippen molar-refractivity contribution in [1.29, 1.82) is 5.41 Å². The number of aryl methyl sites for hydroxylation is 1. The third-order valence-electron chi connectivity index (χ3n) is 2.88. The lowest BCUT2D eigenvalue weighted by Gasteiger charge is -2.12. The van der Waals surface area contributed by atoms with Crippen LogP contribution in [0, 0.1) is 24.1 Å². The SMILES string of the molecule is C/C(C(=N)c1ccc(F)c(C)c1)=C(/N)C(C)C. The molecule has 1 aromatic rings. The minimum absolute atomic E-state index is 0.205. The zero-order chi connectivity index (χ0) is 13.2. The highest BCUT2D eigenvalue weighted by atomic mass is 19.1. The summed E-state index contributed by atoms with van der Waals surface area (Å²) in [6.07, 6.45) is 0. The van der Waals surface area contributed by atoms with Gasteiger partial charge in [-0.1, -0.05) is 13.8 Å². The number of hydrogen-bond acceptors (Lipinski definition) is 2. The molecule has 0 amide bonds. The number of benzene rings is 1. The molecule has 0 unspecified atom stereocenters. The van der Waals surface area contributed by atoms with Crippen molar-refractivity contribution < 1.29 is 4.39 Å². The molecule has 0 atom stereocenters. The number of nitrogens with two attached hydrogens (primary N) is 1. The molecule has 0 radical (unpaired) electrons. The number of halogens is 1. The fourth-order valence-electron chi connectivity index (χ4n) is 1.59. The van der Waals surface area contributed by atoms with Gasteiger partial charge in [-0.15, -0.1) is 0 Å². The molecule has 0 aliphatic rings. The van der Waals surface area contributed by atoms with Crippen LogP contribution < -0.4 is 5.73 Å². The van der Waals surface area contributed by atoms with Crippen molar-refractivity contribution in [2.75, 3.05) is 0 Å². The third kappa shape index (κ3) is 2.93. The molecular weight excluding hydrogens is 215 g/mol. The van der Waals surface area contributed by atoms with Crippen molar-refractivity contribution in [3.63, 3.8) is 0 Å². The highest BCUT2D eigenvalue weighted by Gasteiger charge is 2.11. The summed E-state index contributed by atoms with van der Waals surface area (Å²) in [6, 6.07) is 4.68. The van der Waals surface area contributed by atoms with Gasteiger partial charge in [-0.05, 0) is 49.1 Å². The van der Waals surface area contributed by atoms with Crippen molar-refractivity contribution in [2.24, 2.45) is 11.7 Å². The molecule has 3 heteroatoms. The smallest absolute Gasteiger partial charge is 0.126 e. The average Bonchev–Trinajstić information content (AvgIpc) is 2.29. The summed E-state index contributed by atoms with van der Waals surface area (Å²) in [5, 5.41) is 8.07. The van der Waals surface area contributed by atoms with Crippen LogP contribution in [0.4, 0.5) is 4.39 Å². The average molecular weight is 234 g/mol. The number of hydrogen-bond donors (Lipinski definition) is 2. The summed E-state index contributed by atoms with van der Waals surface area (Å²) in [7, 11) is 0. The first-order chi connectivity index (χ1) is 7.84. The molecule has 2 nitrogen and oxygen atoms in total. The Morgan fingerprint density at radius 2 is 1.94 bits per heavy atom. The van der Waals surface area contributed by atoms with Crippen LogP contribution in [0.15, 0.2) is 29.5 Å². The standard InChI is InChI=1S/C14H19FN2/c1-8(2)13(16)10(4)14(17)11-5-6-12(15)9(3)7-11/h5-8,17H,16H2,1-4H3/b13-10-,17-14?. The lowest BCUT2D eigenvalue weighted by molar-refractivity contribution is 0.618. The van der Waals surface area contributed by atoms with E-state index in [1.807, 2.05) is 20.8 Å². The molecule has 0 heterocycles. The molecule has 1 rings (SSSR count).